The quantitative estimate of drug-likeness (QED) is 0.401. The molecule has 1 aliphatic rings. The van der Waals surface area contributed by atoms with Crippen molar-refractivity contribution in [3.8, 4) is 11.5 Å². The number of aromatic nitrogens is 2. The van der Waals surface area contributed by atoms with Gasteiger partial charge in [0.15, 0.2) is 5.11 Å². The second-order valence-corrected chi connectivity index (χ2v) is 8.06. The Morgan fingerprint density at radius 3 is 2.70 bits per heavy atom. The highest BCUT2D eigenvalue weighted by Gasteiger charge is 2.43. The van der Waals surface area contributed by atoms with Gasteiger partial charge in [-0.05, 0) is 60.7 Å². The molecular weight excluding hydrogens is 436 g/mol. The van der Waals surface area contributed by atoms with E-state index in [2.05, 4.69) is 32.0 Å². The van der Waals surface area contributed by atoms with Crippen LogP contribution in [0.5, 0.6) is 11.5 Å². The number of pyridine rings is 1. The monoisotopic (exact) mass is 460 g/mol. The van der Waals surface area contributed by atoms with E-state index in [0.717, 1.165) is 22.8 Å². The van der Waals surface area contributed by atoms with Crippen molar-refractivity contribution in [1.29, 1.82) is 0 Å². The first kappa shape index (κ1) is 21.1. The lowest BCUT2D eigenvalue weighted by Gasteiger charge is -2.30. The maximum Gasteiger partial charge on any atom is 0.174 e. The standard InChI is InChI=1S/C25H24N4O3S/c1-30-17-10-11-20(22(15-17)31-2)29-24(23(27-25(29)33)19-8-3-4-12-26-19)21-9-5-13-28(21)16-18-7-6-14-32-18/h3-15,23-24H,16H2,1-2H3,(H,27,33)/t23-,24+/m1/s1. The Morgan fingerprint density at radius 2 is 1.97 bits per heavy atom. The minimum Gasteiger partial charge on any atom is -0.497 e. The maximum atomic E-state index is 5.85. The van der Waals surface area contributed by atoms with E-state index in [1.807, 2.05) is 54.6 Å². The van der Waals surface area contributed by atoms with Crippen LogP contribution in [0, 0.1) is 0 Å². The number of nitrogens with zero attached hydrogens (tertiary/aromatic N) is 3. The Balaban J connectivity index is 1.63. The van der Waals surface area contributed by atoms with Gasteiger partial charge in [0.25, 0.3) is 0 Å². The molecule has 1 aromatic carbocycles. The SMILES string of the molecule is COc1ccc(N2C(=S)N[C@H](c3ccccn3)[C@@H]2c2cccn2Cc2ccco2)c(OC)c1. The fraction of sp³-hybridized carbons (Fsp3) is 0.200. The molecule has 4 heterocycles. The van der Waals surface area contributed by atoms with Crippen LogP contribution in [-0.2, 0) is 6.54 Å². The van der Waals surface area contributed by atoms with Gasteiger partial charge in [0.2, 0.25) is 0 Å². The minimum atomic E-state index is -0.167. The molecule has 5 rings (SSSR count). The molecule has 0 aliphatic carbocycles. The highest BCUT2D eigenvalue weighted by Crippen LogP contribution is 2.45. The van der Waals surface area contributed by atoms with E-state index in [1.165, 1.54) is 0 Å². The molecule has 4 aromatic rings. The van der Waals surface area contributed by atoms with Gasteiger partial charge in [-0.2, -0.15) is 0 Å². The molecule has 0 radical (unpaired) electrons. The largest absolute Gasteiger partial charge is 0.497 e. The molecule has 7 nitrogen and oxygen atoms in total. The van der Waals surface area contributed by atoms with Crippen LogP contribution in [0.2, 0.25) is 0 Å². The van der Waals surface area contributed by atoms with Crippen molar-refractivity contribution in [2.24, 2.45) is 0 Å². The summed E-state index contributed by atoms with van der Waals surface area (Å²) in [4.78, 5) is 6.73. The smallest absolute Gasteiger partial charge is 0.174 e. The third-order valence-electron chi connectivity index (χ3n) is 5.82. The summed E-state index contributed by atoms with van der Waals surface area (Å²) in [5.41, 5.74) is 2.84. The number of anilines is 1. The lowest BCUT2D eigenvalue weighted by molar-refractivity contribution is 0.394. The number of nitrogens with one attached hydrogen (secondary N) is 1. The number of hydrogen-bond donors (Lipinski definition) is 1. The van der Waals surface area contributed by atoms with Gasteiger partial charge in [0, 0.05) is 24.2 Å². The molecule has 1 aliphatic heterocycles. The number of rotatable bonds is 7. The highest BCUT2D eigenvalue weighted by molar-refractivity contribution is 7.80. The zero-order valence-corrected chi connectivity index (χ0v) is 19.2. The van der Waals surface area contributed by atoms with Crippen LogP contribution in [0.4, 0.5) is 5.69 Å². The van der Waals surface area contributed by atoms with Gasteiger partial charge in [0.1, 0.15) is 23.3 Å². The predicted molar refractivity (Wildman–Crippen MR) is 130 cm³/mol. The molecule has 33 heavy (non-hydrogen) atoms. The molecule has 2 atom stereocenters. The maximum absolute atomic E-state index is 5.85. The summed E-state index contributed by atoms with van der Waals surface area (Å²) in [6.07, 6.45) is 5.55. The van der Waals surface area contributed by atoms with E-state index in [0.29, 0.717) is 23.2 Å². The molecule has 0 saturated carbocycles. The first-order chi connectivity index (χ1) is 16.2. The lowest BCUT2D eigenvalue weighted by Crippen LogP contribution is -2.30. The van der Waals surface area contributed by atoms with Crippen molar-refractivity contribution in [3.63, 3.8) is 0 Å². The third kappa shape index (κ3) is 3.93. The van der Waals surface area contributed by atoms with Crippen molar-refractivity contribution in [1.82, 2.24) is 14.9 Å². The Hall–Kier alpha value is -3.78. The fourth-order valence-electron chi connectivity index (χ4n) is 4.31. The second-order valence-electron chi connectivity index (χ2n) is 7.67. The Bertz CT molecular complexity index is 1240. The molecule has 3 aromatic heterocycles. The summed E-state index contributed by atoms with van der Waals surface area (Å²) >= 11 is 5.85. The van der Waals surface area contributed by atoms with Crippen LogP contribution in [0.25, 0.3) is 0 Å². The molecule has 0 spiro atoms. The van der Waals surface area contributed by atoms with Crippen molar-refractivity contribution < 1.29 is 13.9 Å². The van der Waals surface area contributed by atoms with E-state index in [9.17, 15) is 0 Å². The first-order valence-corrected chi connectivity index (χ1v) is 11.0. The van der Waals surface area contributed by atoms with Crippen LogP contribution in [-0.4, -0.2) is 28.9 Å². The topological polar surface area (TPSA) is 64.7 Å². The summed E-state index contributed by atoms with van der Waals surface area (Å²) in [5, 5.41) is 4.10. The fourth-order valence-corrected chi connectivity index (χ4v) is 4.65. The minimum absolute atomic E-state index is 0.157. The van der Waals surface area contributed by atoms with Crippen molar-refractivity contribution >= 4 is 23.0 Å². The van der Waals surface area contributed by atoms with Crippen molar-refractivity contribution in [2.45, 2.75) is 18.6 Å². The lowest BCUT2D eigenvalue weighted by atomic mass is 10.0. The van der Waals surface area contributed by atoms with E-state index in [-0.39, 0.29) is 12.1 Å². The van der Waals surface area contributed by atoms with Crippen molar-refractivity contribution in [3.05, 3.63) is 96.5 Å². The number of hydrogen-bond acceptors (Lipinski definition) is 5. The Kier molecular flexibility index (Phi) is 5.75. The Morgan fingerprint density at radius 1 is 1.06 bits per heavy atom. The third-order valence-corrected chi connectivity index (χ3v) is 6.13. The summed E-state index contributed by atoms with van der Waals surface area (Å²) in [6.45, 7) is 0.612. The molecule has 0 unspecified atom stereocenters. The number of ether oxygens (including phenoxy) is 2. The van der Waals surface area contributed by atoms with Crippen LogP contribution in [0.1, 0.15) is 29.2 Å². The van der Waals surface area contributed by atoms with E-state index in [1.54, 1.807) is 26.7 Å². The van der Waals surface area contributed by atoms with Gasteiger partial charge >= 0.3 is 0 Å². The van der Waals surface area contributed by atoms with Gasteiger partial charge in [-0.1, -0.05) is 6.07 Å². The Labute approximate surface area is 197 Å². The zero-order chi connectivity index (χ0) is 22.8. The zero-order valence-electron chi connectivity index (χ0n) is 18.3. The van der Waals surface area contributed by atoms with E-state index >= 15 is 0 Å². The molecular formula is C25H24N4O3S. The van der Waals surface area contributed by atoms with E-state index < -0.39 is 0 Å². The molecule has 1 saturated heterocycles. The highest BCUT2D eigenvalue weighted by atomic mass is 32.1. The predicted octanol–water partition coefficient (Wildman–Crippen LogP) is 4.72. The van der Waals surface area contributed by atoms with Crippen molar-refractivity contribution in [2.75, 3.05) is 19.1 Å². The van der Waals surface area contributed by atoms with Gasteiger partial charge < -0.3 is 28.7 Å². The molecule has 168 valence electrons. The van der Waals surface area contributed by atoms with Crippen LogP contribution in [0.15, 0.2) is 83.7 Å². The first-order valence-electron chi connectivity index (χ1n) is 10.6. The number of thiocarbonyl (C=S) groups is 1. The number of benzene rings is 1. The van der Waals surface area contributed by atoms with Crippen LogP contribution < -0.4 is 19.7 Å². The second kappa shape index (κ2) is 8.99. The average Bonchev–Trinajstić information content (AvgIpc) is 3.60. The number of methoxy groups -OCH3 is 2. The van der Waals surface area contributed by atoms with Gasteiger partial charge in [-0.25, -0.2) is 0 Å². The van der Waals surface area contributed by atoms with Gasteiger partial charge in [0.05, 0.1) is 44.5 Å². The normalized spacial score (nSPS) is 17.8. The summed E-state index contributed by atoms with van der Waals surface area (Å²) in [7, 11) is 3.29. The van der Waals surface area contributed by atoms with E-state index in [4.69, 9.17) is 26.1 Å². The molecule has 8 heteroatoms. The summed E-state index contributed by atoms with van der Waals surface area (Å²) in [6, 6.07) is 19.4. The van der Waals surface area contributed by atoms with Crippen LogP contribution >= 0.6 is 12.2 Å². The summed E-state index contributed by atoms with van der Waals surface area (Å²) in [5.74, 6) is 2.27. The molecule has 1 fully saturated rings. The van der Waals surface area contributed by atoms with Gasteiger partial charge in [-0.15, -0.1) is 0 Å². The molecule has 1 N–H and O–H groups in total. The average molecular weight is 461 g/mol. The van der Waals surface area contributed by atoms with Gasteiger partial charge in [-0.3, -0.25) is 4.98 Å². The summed E-state index contributed by atoms with van der Waals surface area (Å²) < 4.78 is 18.9. The molecule has 0 bridgehead atoms. The van der Waals surface area contributed by atoms with Crippen LogP contribution in [0.3, 0.4) is 0 Å². The molecule has 0 amide bonds. The number of furan rings is 1.